The summed E-state index contributed by atoms with van der Waals surface area (Å²) in [4.78, 5) is 29.9. The van der Waals surface area contributed by atoms with Crippen LogP contribution in [0.4, 0.5) is 0 Å². The molecule has 0 aromatic heterocycles. The van der Waals surface area contributed by atoms with Gasteiger partial charge in [-0.05, 0) is 25.0 Å². The molecule has 2 aliphatic heterocycles. The molecule has 0 aromatic rings. The summed E-state index contributed by atoms with van der Waals surface area (Å²) in [6, 6.07) is 0. The standard InChI is InChI=1S/C14H19N3O2/c1-10(2)9-15-13(19)14(3)8-12(18)16-11-6-4-5-7-17(11)14/h4-7,10H,8-9H2,1-3H3,(H,15,19). The quantitative estimate of drug-likeness (QED) is 0.831. The number of amides is 2. The van der Waals surface area contributed by atoms with Gasteiger partial charge in [0.2, 0.25) is 5.91 Å². The summed E-state index contributed by atoms with van der Waals surface area (Å²) in [6.45, 7) is 6.44. The van der Waals surface area contributed by atoms with E-state index in [1.54, 1.807) is 30.2 Å². The number of aliphatic imine (C=N–C) groups is 1. The molecule has 0 aliphatic carbocycles. The number of hydrogen-bond acceptors (Lipinski definition) is 3. The van der Waals surface area contributed by atoms with Crippen LogP contribution in [0.5, 0.6) is 0 Å². The van der Waals surface area contributed by atoms with E-state index in [1.165, 1.54) is 0 Å². The van der Waals surface area contributed by atoms with Crippen LogP contribution >= 0.6 is 0 Å². The molecule has 0 fully saturated rings. The number of nitrogens with zero attached hydrogens (tertiary/aromatic N) is 2. The molecule has 5 nitrogen and oxygen atoms in total. The molecule has 2 amide bonds. The zero-order valence-electron chi connectivity index (χ0n) is 11.5. The Morgan fingerprint density at radius 3 is 2.95 bits per heavy atom. The topological polar surface area (TPSA) is 61.8 Å². The summed E-state index contributed by atoms with van der Waals surface area (Å²) in [5, 5.41) is 2.90. The fourth-order valence-corrected chi connectivity index (χ4v) is 2.17. The van der Waals surface area contributed by atoms with Crippen molar-refractivity contribution in [2.45, 2.75) is 32.7 Å². The van der Waals surface area contributed by atoms with Gasteiger partial charge in [0.05, 0.1) is 6.42 Å². The van der Waals surface area contributed by atoms with E-state index in [-0.39, 0.29) is 18.2 Å². The molecule has 2 rings (SSSR count). The molecule has 0 radical (unpaired) electrons. The summed E-state index contributed by atoms with van der Waals surface area (Å²) in [5.41, 5.74) is -0.898. The predicted molar refractivity (Wildman–Crippen MR) is 73.4 cm³/mol. The van der Waals surface area contributed by atoms with Gasteiger partial charge in [-0.15, -0.1) is 0 Å². The number of fused-ring (bicyclic) bond motifs is 1. The first kappa shape index (κ1) is 13.5. The van der Waals surface area contributed by atoms with Crippen LogP contribution in [0.2, 0.25) is 0 Å². The average Bonchev–Trinajstić information content (AvgIpc) is 2.35. The van der Waals surface area contributed by atoms with Gasteiger partial charge in [-0.2, -0.15) is 4.99 Å². The maximum Gasteiger partial charge on any atom is 0.250 e. The van der Waals surface area contributed by atoms with Crippen molar-refractivity contribution in [3.63, 3.8) is 0 Å². The minimum Gasteiger partial charge on any atom is -0.354 e. The fraction of sp³-hybridized carbons (Fsp3) is 0.500. The van der Waals surface area contributed by atoms with E-state index >= 15 is 0 Å². The minimum atomic E-state index is -0.898. The molecule has 2 aliphatic rings. The SMILES string of the molecule is CC(C)CNC(=O)C1(C)CC(=O)N=C2C=CC=CN21. The number of carbonyl (C=O) groups is 2. The third kappa shape index (κ3) is 2.59. The van der Waals surface area contributed by atoms with Crippen molar-refractivity contribution >= 4 is 17.6 Å². The van der Waals surface area contributed by atoms with E-state index in [4.69, 9.17) is 0 Å². The van der Waals surface area contributed by atoms with Gasteiger partial charge in [0, 0.05) is 12.7 Å². The molecule has 2 heterocycles. The van der Waals surface area contributed by atoms with Crippen LogP contribution in [0, 0.1) is 5.92 Å². The van der Waals surface area contributed by atoms with Crippen LogP contribution in [-0.2, 0) is 9.59 Å². The summed E-state index contributed by atoms with van der Waals surface area (Å²) in [5.74, 6) is 0.507. The lowest BCUT2D eigenvalue weighted by Gasteiger charge is -2.41. The number of amidine groups is 1. The molecule has 19 heavy (non-hydrogen) atoms. The number of hydrogen-bond donors (Lipinski definition) is 1. The van der Waals surface area contributed by atoms with Crippen molar-refractivity contribution in [3.8, 4) is 0 Å². The van der Waals surface area contributed by atoms with Gasteiger partial charge in [0.1, 0.15) is 11.4 Å². The first-order valence-electron chi connectivity index (χ1n) is 6.47. The Morgan fingerprint density at radius 2 is 2.26 bits per heavy atom. The van der Waals surface area contributed by atoms with Gasteiger partial charge < -0.3 is 10.2 Å². The van der Waals surface area contributed by atoms with Crippen molar-refractivity contribution in [2.75, 3.05) is 6.54 Å². The van der Waals surface area contributed by atoms with E-state index in [1.807, 2.05) is 19.9 Å². The largest absolute Gasteiger partial charge is 0.354 e. The molecule has 102 valence electrons. The van der Waals surface area contributed by atoms with Crippen LogP contribution in [0.15, 0.2) is 29.4 Å². The molecule has 1 N–H and O–H groups in total. The van der Waals surface area contributed by atoms with Crippen molar-refractivity contribution < 1.29 is 9.59 Å². The lowest BCUT2D eigenvalue weighted by atomic mass is 9.91. The van der Waals surface area contributed by atoms with Crippen LogP contribution in [0.3, 0.4) is 0 Å². The van der Waals surface area contributed by atoms with Crippen LogP contribution < -0.4 is 5.32 Å². The van der Waals surface area contributed by atoms with Gasteiger partial charge in [-0.25, -0.2) is 0 Å². The van der Waals surface area contributed by atoms with Gasteiger partial charge in [0.25, 0.3) is 5.91 Å². The molecule has 5 heteroatoms. The van der Waals surface area contributed by atoms with Crippen LogP contribution in [0.1, 0.15) is 27.2 Å². The van der Waals surface area contributed by atoms with E-state index in [0.717, 1.165) is 0 Å². The number of allylic oxidation sites excluding steroid dienone is 2. The van der Waals surface area contributed by atoms with Crippen molar-refractivity contribution in [1.29, 1.82) is 0 Å². The monoisotopic (exact) mass is 261 g/mol. The highest BCUT2D eigenvalue weighted by Crippen LogP contribution is 2.28. The van der Waals surface area contributed by atoms with Crippen LogP contribution in [-0.4, -0.2) is 34.6 Å². The first-order valence-corrected chi connectivity index (χ1v) is 6.47. The molecular formula is C14H19N3O2. The second-order valence-electron chi connectivity index (χ2n) is 5.49. The second kappa shape index (κ2) is 4.99. The van der Waals surface area contributed by atoms with E-state index < -0.39 is 5.54 Å². The summed E-state index contributed by atoms with van der Waals surface area (Å²) in [7, 11) is 0. The molecule has 0 saturated heterocycles. The summed E-state index contributed by atoms with van der Waals surface area (Å²) < 4.78 is 0. The zero-order chi connectivity index (χ0) is 14.0. The Bertz CT molecular complexity index is 491. The Hall–Kier alpha value is -1.91. The first-order chi connectivity index (χ1) is 8.93. The molecule has 0 bridgehead atoms. The van der Waals surface area contributed by atoms with Gasteiger partial charge >= 0.3 is 0 Å². The highest BCUT2D eigenvalue weighted by Gasteiger charge is 2.44. The van der Waals surface area contributed by atoms with Crippen molar-refractivity contribution in [1.82, 2.24) is 10.2 Å². The minimum absolute atomic E-state index is 0.0958. The van der Waals surface area contributed by atoms with E-state index in [0.29, 0.717) is 18.3 Å². The van der Waals surface area contributed by atoms with Gasteiger partial charge in [-0.3, -0.25) is 9.59 Å². The van der Waals surface area contributed by atoms with Gasteiger partial charge in [0.15, 0.2) is 0 Å². The highest BCUT2D eigenvalue weighted by atomic mass is 16.2. The lowest BCUT2D eigenvalue weighted by Crippen LogP contribution is -2.60. The van der Waals surface area contributed by atoms with E-state index in [9.17, 15) is 9.59 Å². The zero-order valence-corrected chi connectivity index (χ0v) is 11.5. The molecule has 0 aromatic carbocycles. The predicted octanol–water partition coefficient (Wildman–Crippen LogP) is 1.23. The Balaban J connectivity index is 2.24. The number of nitrogens with one attached hydrogen (secondary N) is 1. The molecule has 1 unspecified atom stereocenters. The van der Waals surface area contributed by atoms with Crippen LogP contribution in [0.25, 0.3) is 0 Å². The highest BCUT2D eigenvalue weighted by molar-refractivity contribution is 6.09. The number of carbonyl (C=O) groups excluding carboxylic acids is 2. The molecule has 1 atom stereocenters. The smallest absolute Gasteiger partial charge is 0.250 e. The van der Waals surface area contributed by atoms with Gasteiger partial charge in [-0.1, -0.05) is 19.9 Å². The Morgan fingerprint density at radius 1 is 1.53 bits per heavy atom. The van der Waals surface area contributed by atoms with Crippen molar-refractivity contribution in [3.05, 3.63) is 24.4 Å². The third-order valence-corrected chi connectivity index (χ3v) is 3.26. The van der Waals surface area contributed by atoms with E-state index in [2.05, 4.69) is 10.3 Å². The average molecular weight is 261 g/mol. The number of rotatable bonds is 3. The Labute approximate surface area is 113 Å². The summed E-state index contributed by atoms with van der Waals surface area (Å²) >= 11 is 0. The molecular weight excluding hydrogens is 242 g/mol. The maximum absolute atomic E-state index is 12.4. The normalized spacial score (nSPS) is 25.4. The third-order valence-electron chi connectivity index (χ3n) is 3.26. The Kier molecular flexibility index (Phi) is 3.55. The lowest BCUT2D eigenvalue weighted by molar-refractivity contribution is -0.134. The fourth-order valence-electron chi connectivity index (χ4n) is 2.17. The molecule has 0 spiro atoms. The van der Waals surface area contributed by atoms with Crippen molar-refractivity contribution in [2.24, 2.45) is 10.9 Å². The summed E-state index contributed by atoms with van der Waals surface area (Å²) in [6.07, 6.45) is 7.27. The maximum atomic E-state index is 12.4. The second-order valence-corrected chi connectivity index (χ2v) is 5.49. The molecule has 0 saturated carbocycles.